The molecule has 0 aliphatic heterocycles. The molecule has 128 valence electrons. The first-order chi connectivity index (χ1) is 12.1. The third-order valence-corrected chi connectivity index (χ3v) is 4.04. The maximum Gasteiger partial charge on any atom is 0.258 e. The van der Waals surface area contributed by atoms with Gasteiger partial charge in [0, 0.05) is 0 Å². The molecule has 1 unspecified atom stereocenters. The van der Waals surface area contributed by atoms with Crippen LogP contribution in [0.25, 0.3) is 11.1 Å². The van der Waals surface area contributed by atoms with Gasteiger partial charge in [0.15, 0.2) is 6.61 Å². The summed E-state index contributed by atoms with van der Waals surface area (Å²) in [6, 6.07) is 18.8. The fourth-order valence-electron chi connectivity index (χ4n) is 2.46. The van der Waals surface area contributed by atoms with E-state index in [1.54, 1.807) is 18.4 Å². The van der Waals surface area contributed by atoms with Crippen LogP contribution in [0.15, 0.2) is 71.3 Å². The van der Waals surface area contributed by atoms with E-state index in [1.807, 2.05) is 55.5 Å². The van der Waals surface area contributed by atoms with Crippen LogP contribution in [0.5, 0.6) is 5.75 Å². The fourth-order valence-corrected chi connectivity index (χ4v) is 2.70. The molecule has 0 saturated heterocycles. The number of benzene rings is 2. The van der Waals surface area contributed by atoms with Gasteiger partial charge in [-0.3, -0.25) is 4.79 Å². The van der Waals surface area contributed by atoms with Gasteiger partial charge < -0.3 is 14.5 Å². The minimum absolute atomic E-state index is 0.116. The number of hydrogen-bond acceptors (Lipinski definition) is 3. The lowest BCUT2D eigenvalue weighted by Crippen LogP contribution is -2.31. The lowest BCUT2D eigenvalue weighted by Gasteiger charge is -2.13. The quantitative estimate of drug-likeness (QED) is 0.687. The Bertz CT molecular complexity index is 831. The first-order valence-electron chi connectivity index (χ1n) is 7.94. The Morgan fingerprint density at radius 2 is 1.92 bits per heavy atom. The Balaban J connectivity index is 1.59. The van der Waals surface area contributed by atoms with E-state index in [2.05, 4.69) is 5.32 Å². The molecule has 0 fully saturated rings. The summed E-state index contributed by atoms with van der Waals surface area (Å²) >= 11 is 6.28. The maximum absolute atomic E-state index is 12.0. The number of amides is 1. The largest absolute Gasteiger partial charge is 0.482 e. The van der Waals surface area contributed by atoms with Crippen LogP contribution in [-0.4, -0.2) is 12.5 Å². The predicted molar refractivity (Wildman–Crippen MR) is 97.6 cm³/mol. The molecule has 3 aromatic rings. The molecule has 1 heterocycles. The molecule has 0 spiro atoms. The van der Waals surface area contributed by atoms with Crippen molar-refractivity contribution < 1.29 is 13.9 Å². The Kier molecular flexibility index (Phi) is 5.41. The number of furan rings is 1. The molecule has 0 radical (unpaired) electrons. The number of rotatable bonds is 6. The van der Waals surface area contributed by atoms with Gasteiger partial charge in [-0.05, 0) is 42.3 Å². The molecule has 1 amide bonds. The van der Waals surface area contributed by atoms with Crippen molar-refractivity contribution in [3.05, 3.63) is 77.7 Å². The summed E-state index contributed by atoms with van der Waals surface area (Å²) < 4.78 is 10.8. The highest BCUT2D eigenvalue weighted by atomic mass is 35.5. The van der Waals surface area contributed by atoms with E-state index in [1.165, 1.54) is 0 Å². The highest BCUT2D eigenvalue weighted by Gasteiger charge is 2.13. The van der Waals surface area contributed by atoms with Crippen molar-refractivity contribution >= 4 is 17.5 Å². The second-order valence-electron chi connectivity index (χ2n) is 5.60. The molecule has 1 aromatic heterocycles. The number of nitrogens with one attached hydrogen (secondary N) is 1. The molecule has 0 saturated carbocycles. The second kappa shape index (κ2) is 7.90. The smallest absolute Gasteiger partial charge is 0.258 e. The summed E-state index contributed by atoms with van der Waals surface area (Å²) in [6.45, 7) is 1.73. The zero-order chi connectivity index (χ0) is 17.6. The molecular formula is C20H18ClNO3. The fraction of sp³-hybridized carbons (Fsp3) is 0.150. The molecule has 1 atom stereocenters. The molecule has 3 rings (SSSR count). The highest BCUT2D eigenvalue weighted by molar-refractivity contribution is 6.32. The minimum Gasteiger partial charge on any atom is -0.482 e. The molecule has 0 aliphatic rings. The van der Waals surface area contributed by atoms with Crippen LogP contribution in [0, 0.1) is 0 Å². The van der Waals surface area contributed by atoms with Crippen LogP contribution in [-0.2, 0) is 4.79 Å². The first-order valence-corrected chi connectivity index (χ1v) is 8.32. The van der Waals surface area contributed by atoms with Gasteiger partial charge in [0.1, 0.15) is 11.5 Å². The van der Waals surface area contributed by atoms with Crippen molar-refractivity contribution in [3.63, 3.8) is 0 Å². The van der Waals surface area contributed by atoms with E-state index in [0.29, 0.717) is 16.5 Å². The lowest BCUT2D eigenvalue weighted by atomic mass is 10.1. The van der Waals surface area contributed by atoms with Crippen LogP contribution in [0.4, 0.5) is 0 Å². The van der Waals surface area contributed by atoms with Crippen molar-refractivity contribution in [3.8, 4) is 16.9 Å². The van der Waals surface area contributed by atoms with Gasteiger partial charge in [-0.25, -0.2) is 0 Å². The van der Waals surface area contributed by atoms with Gasteiger partial charge in [0.05, 0.1) is 17.3 Å². The number of halogens is 1. The maximum atomic E-state index is 12.0. The van der Waals surface area contributed by atoms with Crippen molar-refractivity contribution in [1.82, 2.24) is 5.32 Å². The van der Waals surface area contributed by atoms with E-state index in [0.717, 1.165) is 11.1 Å². The Morgan fingerprint density at radius 1 is 1.12 bits per heavy atom. The molecular weight excluding hydrogens is 338 g/mol. The molecule has 25 heavy (non-hydrogen) atoms. The number of ether oxygens (including phenoxy) is 1. The van der Waals surface area contributed by atoms with Crippen molar-refractivity contribution in [2.45, 2.75) is 13.0 Å². The summed E-state index contributed by atoms with van der Waals surface area (Å²) in [5.74, 6) is 0.924. The van der Waals surface area contributed by atoms with Gasteiger partial charge >= 0.3 is 0 Å². The normalized spacial score (nSPS) is 11.8. The topological polar surface area (TPSA) is 51.5 Å². The van der Waals surface area contributed by atoms with Crippen LogP contribution >= 0.6 is 11.6 Å². The summed E-state index contributed by atoms with van der Waals surface area (Å²) in [6.07, 6.45) is 1.57. The Morgan fingerprint density at radius 3 is 2.60 bits per heavy atom. The highest BCUT2D eigenvalue weighted by Crippen LogP contribution is 2.30. The van der Waals surface area contributed by atoms with Crippen molar-refractivity contribution in [2.75, 3.05) is 6.61 Å². The standard InChI is InChI=1S/C20H18ClNO3/c1-14(18-8-5-11-24-18)22-20(23)13-25-19-10-9-16(12-17(19)21)15-6-3-2-4-7-15/h2-12,14H,13H2,1H3,(H,22,23). The van der Waals surface area contributed by atoms with Crippen LogP contribution in [0.2, 0.25) is 5.02 Å². The van der Waals surface area contributed by atoms with Gasteiger partial charge in [0.25, 0.3) is 5.91 Å². The average Bonchev–Trinajstić information content (AvgIpc) is 3.16. The van der Waals surface area contributed by atoms with E-state index in [4.69, 9.17) is 20.8 Å². The zero-order valence-electron chi connectivity index (χ0n) is 13.7. The monoisotopic (exact) mass is 355 g/mol. The van der Waals surface area contributed by atoms with Crippen LogP contribution < -0.4 is 10.1 Å². The zero-order valence-corrected chi connectivity index (χ0v) is 14.5. The van der Waals surface area contributed by atoms with Gasteiger partial charge in [-0.2, -0.15) is 0 Å². The van der Waals surface area contributed by atoms with Gasteiger partial charge in [-0.1, -0.05) is 48.0 Å². The Hall–Kier alpha value is -2.72. The van der Waals surface area contributed by atoms with E-state index in [9.17, 15) is 4.79 Å². The third kappa shape index (κ3) is 4.43. The lowest BCUT2D eigenvalue weighted by molar-refractivity contribution is -0.123. The van der Waals surface area contributed by atoms with Crippen LogP contribution in [0.1, 0.15) is 18.7 Å². The summed E-state index contributed by atoms with van der Waals surface area (Å²) in [4.78, 5) is 12.0. The summed E-state index contributed by atoms with van der Waals surface area (Å²) in [7, 11) is 0. The Labute approximate surface area is 151 Å². The molecule has 0 aliphatic carbocycles. The summed E-state index contributed by atoms with van der Waals surface area (Å²) in [5, 5.41) is 3.27. The average molecular weight is 356 g/mol. The summed E-state index contributed by atoms with van der Waals surface area (Å²) in [5.41, 5.74) is 2.06. The predicted octanol–water partition coefficient (Wildman–Crippen LogP) is 4.86. The number of carbonyl (C=O) groups is 1. The van der Waals surface area contributed by atoms with Crippen molar-refractivity contribution in [2.24, 2.45) is 0 Å². The van der Waals surface area contributed by atoms with E-state index in [-0.39, 0.29) is 18.6 Å². The number of carbonyl (C=O) groups excluding carboxylic acids is 1. The van der Waals surface area contributed by atoms with Gasteiger partial charge in [0.2, 0.25) is 0 Å². The second-order valence-corrected chi connectivity index (χ2v) is 6.01. The van der Waals surface area contributed by atoms with E-state index >= 15 is 0 Å². The van der Waals surface area contributed by atoms with Gasteiger partial charge in [-0.15, -0.1) is 0 Å². The first kappa shape index (κ1) is 17.1. The minimum atomic E-state index is -0.243. The molecule has 0 bridgehead atoms. The molecule has 5 heteroatoms. The SMILES string of the molecule is CC(NC(=O)COc1ccc(-c2ccccc2)cc1Cl)c1ccco1. The van der Waals surface area contributed by atoms with E-state index < -0.39 is 0 Å². The number of hydrogen-bond donors (Lipinski definition) is 1. The molecule has 2 aromatic carbocycles. The van der Waals surface area contributed by atoms with Crippen LogP contribution in [0.3, 0.4) is 0 Å². The molecule has 4 nitrogen and oxygen atoms in total. The third-order valence-electron chi connectivity index (χ3n) is 3.75. The van der Waals surface area contributed by atoms with Crippen molar-refractivity contribution in [1.29, 1.82) is 0 Å². The molecule has 1 N–H and O–H groups in total.